The molecule has 0 saturated carbocycles. The molecule has 0 aromatic heterocycles. The van der Waals surface area contributed by atoms with Gasteiger partial charge in [0.2, 0.25) is 10.0 Å². The van der Waals surface area contributed by atoms with E-state index in [0.717, 1.165) is 10.0 Å². The molecule has 5 nitrogen and oxygen atoms in total. The van der Waals surface area contributed by atoms with E-state index >= 15 is 0 Å². The van der Waals surface area contributed by atoms with E-state index in [1.54, 1.807) is 26.0 Å². The van der Waals surface area contributed by atoms with E-state index in [2.05, 4.69) is 21.2 Å². The molecular formula is C19H23BrN2O3S. The summed E-state index contributed by atoms with van der Waals surface area (Å²) in [4.78, 5) is 12.7. The van der Waals surface area contributed by atoms with Gasteiger partial charge in [-0.1, -0.05) is 48.0 Å². The third-order valence-electron chi connectivity index (χ3n) is 4.16. The SMILES string of the molecule is CCN(CC)S(=O)(=O)c1cccc(C(=O)NC(C)c2ccc(Br)cc2)c1. The van der Waals surface area contributed by atoms with Crippen LogP contribution in [0.5, 0.6) is 0 Å². The highest BCUT2D eigenvalue weighted by molar-refractivity contribution is 9.10. The molecule has 0 saturated heterocycles. The van der Waals surface area contributed by atoms with Crippen LogP contribution in [0.15, 0.2) is 57.9 Å². The zero-order valence-corrected chi connectivity index (χ0v) is 17.5. The maximum atomic E-state index is 12.6. The quantitative estimate of drug-likeness (QED) is 0.710. The van der Waals surface area contributed by atoms with Crippen LogP contribution in [0.2, 0.25) is 0 Å². The van der Waals surface area contributed by atoms with Gasteiger partial charge in [-0.05, 0) is 42.8 Å². The fourth-order valence-corrected chi connectivity index (χ4v) is 4.39. The van der Waals surface area contributed by atoms with E-state index in [1.807, 2.05) is 31.2 Å². The number of amides is 1. The van der Waals surface area contributed by atoms with Gasteiger partial charge < -0.3 is 5.32 Å². The fraction of sp³-hybridized carbons (Fsp3) is 0.316. The summed E-state index contributed by atoms with van der Waals surface area (Å²) in [6, 6.07) is 13.6. The average molecular weight is 439 g/mol. The second kappa shape index (κ2) is 8.79. The Hall–Kier alpha value is -1.70. The Morgan fingerprint density at radius 2 is 1.73 bits per heavy atom. The molecule has 0 bridgehead atoms. The zero-order valence-electron chi connectivity index (χ0n) is 15.1. The molecule has 1 amide bonds. The molecule has 26 heavy (non-hydrogen) atoms. The Bertz CT molecular complexity index is 863. The number of nitrogens with one attached hydrogen (secondary N) is 1. The van der Waals surface area contributed by atoms with Crippen molar-refractivity contribution in [1.29, 1.82) is 0 Å². The lowest BCUT2D eigenvalue weighted by Gasteiger charge is -2.19. The van der Waals surface area contributed by atoms with Crippen molar-refractivity contribution in [3.8, 4) is 0 Å². The Labute approximate surface area is 163 Å². The van der Waals surface area contributed by atoms with Gasteiger partial charge in [-0.3, -0.25) is 4.79 Å². The molecule has 0 aliphatic heterocycles. The minimum absolute atomic E-state index is 0.130. The summed E-state index contributed by atoms with van der Waals surface area (Å²) in [5.74, 6) is -0.308. The van der Waals surface area contributed by atoms with E-state index in [9.17, 15) is 13.2 Å². The average Bonchev–Trinajstić information content (AvgIpc) is 2.63. The maximum Gasteiger partial charge on any atom is 0.251 e. The van der Waals surface area contributed by atoms with E-state index in [-0.39, 0.29) is 16.8 Å². The first-order valence-electron chi connectivity index (χ1n) is 8.46. The number of benzene rings is 2. The van der Waals surface area contributed by atoms with Crippen LogP contribution in [0, 0.1) is 0 Å². The number of carbonyl (C=O) groups excluding carboxylic acids is 1. The van der Waals surface area contributed by atoms with E-state index < -0.39 is 10.0 Å². The number of halogens is 1. The normalized spacial score (nSPS) is 12.8. The van der Waals surface area contributed by atoms with Gasteiger partial charge >= 0.3 is 0 Å². The van der Waals surface area contributed by atoms with Gasteiger partial charge in [0, 0.05) is 23.1 Å². The van der Waals surface area contributed by atoms with Crippen LogP contribution in [0.1, 0.15) is 42.7 Å². The minimum atomic E-state index is -3.59. The highest BCUT2D eigenvalue weighted by Gasteiger charge is 2.22. The molecule has 0 fully saturated rings. The minimum Gasteiger partial charge on any atom is -0.346 e. The predicted octanol–water partition coefficient (Wildman–Crippen LogP) is 3.97. The standard InChI is InChI=1S/C19H23BrN2O3S/c1-4-22(5-2)26(24,25)18-8-6-7-16(13-18)19(23)21-14(3)15-9-11-17(20)12-10-15/h6-14H,4-5H2,1-3H3,(H,21,23). The first-order chi connectivity index (χ1) is 12.3. The maximum absolute atomic E-state index is 12.6. The molecule has 2 rings (SSSR count). The summed E-state index contributed by atoms with van der Waals surface area (Å²) in [6.07, 6.45) is 0. The molecule has 0 aliphatic rings. The zero-order chi connectivity index (χ0) is 19.3. The van der Waals surface area contributed by atoms with Crippen molar-refractivity contribution in [2.75, 3.05) is 13.1 Å². The molecule has 2 aromatic rings. The topological polar surface area (TPSA) is 66.5 Å². The number of hydrogen-bond donors (Lipinski definition) is 1. The van der Waals surface area contributed by atoms with Gasteiger partial charge in [-0.25, -0.2) is 8.42 Å². The summed E-state index contributed by atoms with van der Waals surface area (Å²) in [5.41, 5.74) is 1.29. The van der Waals surface area contributed by atoms with Crippen molar-refractivity contribution in [2.24, 2.45) is 0 Å². The molecule has 0 heterocycles. The highest BCUT2D eigenvalue weighted by atomic mass is 79.9. The van der Waals surface area contributed by atoms with Gasteiger partial charge in [-0.2, -0.15) is 4.31 Å². The van der Waals surface area contributed by atoms with Crippen LogP contribution in [-0.4, -0.2) is 31.7 Å². The summed E-state index contributed by atoms with van der Waals surface area (Å²) in [6.45, 7) is 6.23. The highest BCUT2D eigenvalue weighted by Crippen LogP contribution is 2.19. The molecule has 2 aromatic carbocycles. The van der Waals surface area contributed by atoms with Crippen molar-refractivity contribution in [2.45, 2.75) is 31.7 Å². The van der Waals surface area contributed by atoms with Gasteiger partial charge in [0.25, 0.3) is 5.91 Å². The van der Waals surface area contributed by atoms with Crippen LogP contribution < -0.4 is 5.32 Å². The van der Waals surface area contributed by atoms with Crippen LogP contribution in [0.4, 0.5) is 0 Å². The van der Waals surface area contributed by atoms with E-state index in [1.165, 1.54) is 16.4 Å². The number of rotatable bonds is 7. The lowest BCUT2D eigenvalue weighted by Crippen LogP contribution is -2.31. The Balaban J connectivity index is 2.21. The van der Waals surface area contributed by atoms with Crippen molar-refractivity contribution in [3.05, 3.63) is 64.1 Å². The Morgan fingerprint density at radius 1 is 1.12 bits per heavy atom. The molecule has 0 spiro atoms. The summed E-state index contributed by atoms with van der Waals surface area (Å²) >= 11 is 3.38. The summed E-state index contributed by atoms with van der Waals surface area (Å²) in [7, 11) is -3.59. The number of hydrogen-bond acceptors (Lipinski definition) is 3. The van der Waals surface area contributed by atoms with Crippen molar-refractivity contribution >= 4 is 31.9 Å². The number of sulfonamides is 1. The molecule has 7 heteroatoms. The van der Waals surface area contributed by atoms with Gasteiger partial charge in [0.1, 0.15) is 0 Å². The van der Waals surface area contributed by atoms with Crippen LogP contribution >= 0.6 is 15.9 Å². The molecular weight excluding hydrogens is 416 g/mol. The molecule has 0 radical (unpaired) electrons. The fourth-order valence-electron chi connectivity index (χ4n) is 2.63. The first-order valence-corrected chi connectivity index (χ1v) is 10.7. The predicted molar refractivity (Wildman–Crippen MR) is 107 cm³/mol. The third kappa shape index (κ3) is 4.72. The van der Waals surface area contributed by atoms with Gasteiger partial charge in [0.15, 0.2) is 0 Å². The van der Waals surface area contributed by atoms with E-state index in [0.29, 0.717) is 18.7 Å². The molecule has 0 aliphatic carbocycles. The smallest absolute Gasteiger partial charge is 0.251 e. The summed E-state index contributed by atoms with van der Waals surface area (Å²) < 4.78 is 27.6. The lowest BCUT2D eigenvalue weighted by molar-refractivity contribution is 0.0939. The van der Waals surface area contributed by atoms with Crippen molar-refractivity contribution in [1.82, 2.24) is 9.62 Å². The lowest BCUT2D eigenvalue weighted by atomic mass is 10.1. The first kappa shape index (κ1) is 20.6. The second-order valence-corrected chi connectivity index (χ2v) is 8.72. The second-order valence-electron chi connectivity index (χ2n) is 5.86. The van der Waals surface area contributed by atoms with Crippen LogP contribution in [0.3, 0.4) is 0 Å². The number of carbonyl (C=O) groups is 1. The van der Waals surface area contributed by atoms with Crippen molar-refractivity contribution < 1.29 is 13.2 Å². The van der Waals surface area contributed by atoms with Crippen LogP contribution in [-0.2, 0) is 10.0 Å². The van der Waals surface area contributed by atoms with Gasteiger partial charge in [-0.15, -0.1) is 0 Å². The number of nitrogens with zero attached hydrogens (tertiary/aromatic N) is 1. The molecule has 1 unspecified atom stereocenters. The monoisotopic (exact) mass is 438 g/mol. The third-order valence-corrected chi connectivity index (χ3v) is 6.73. The molecule has 140 valence electrons. The molecule has 1 atom stereocenters. The molecule has 1 N–H and O–H groups in total. The van der Waals surface area contributed by atoms with Crippen LogP contribution in [0.25, 0.3) is 0 Å². The Morgan fingerprint density at radius 3 is 2.31 bits per heavy atom. The van der Waals surface area contributed by atoms with E-state index in [4.69, 9.17) is 0 Å². The summed E-state index contributed by atoms with van der Waals surface area (Å²) in [5, 5.41) is 2.91. The largest absolute Gasteiger partial charge is 0.346 e. The van der Waals surface area contributed by atoms with Crippen molar-refractivity contribution in [3.63, 3.8) is 0 Å². The van der Waals surface area contributed by atoms with Gasteiger partial charge in [0.05, 0.1) is 10.9 Å². The Kier molecular flexibility index (Phi) is 6.97.